The first-order valence-electron chi connectivity index (χ1n) is 11.5. The van der Waals surface area contributed by atoms with E-state index in [1.165, 1.54) is 12.8 Å². The van der Waals surface area contributed by atoms with Crippen molar-refractivity contribution < 1.29 is 19.1 Å². The van der Waals surface area contributed by atoms with Gasteiger partial charge in [0, 0.05) is 17.5 Å². The molecule has 4 rings (SSSR count). The molecule has 3 aliphatic rings. The van der Waals surface area contributed by atoms with Gasteiger partial charge in [0.1, 0.15) is 13.2 Å². The van der Waals surface area contributed by atoms with E-state index in [-0.39, 0.29) is 17.6 Å². The molecule has 1 amide bonds. The molecule has 164 valence electrons. The number of Topliss-reactive ketones (excluding diaryl/α,β-unsaturated/α-hetero) is 1. The number of carbonyl (C=O) groups excluding carboxylic acids is 2. The highest BCUT2D eigenvalue weighted by Crippen LogP contribution is 2.33. The van der Waals surface area contributed by atoms with Crippen LogP contribution >= 0.6 is 0 Å². The van der Waals surface area contributed by atoms with Crippen molar-refractivity contribution in [1.82, 2.24) is 10.2 Å². The van der Waals surface area contributed by atoms with Gasteiger partial charge in [0.15, 0.2) is 17.3 Å². The van der Waals surface area contributed by atoms with Gasteiger partial charge in [-0.25, -0.2) is 0 Å². The summed E-state index contributed by atoms with van der Waals surface area (Å²) in [7, 11) is 0. The summed E-state index contributed by atoms with van der Waals surface area (Å²) in [5.74, 6) is 2.88. The fourth-order valence-corrected chi connectivity index (χ4v) is 5.03. The Bertz CT molecular complexity index is 772. The summed E-state index contributed by atoms with van der Waals surface area (Å²) >= 11 is 0. The molecule has 6 nitrogen and oxygen atoms in total. The Kier molecular flexibility index (Phi) is 6.61. The molecule has 2 heterocycles. The maximum Gasteiger partial charge on any atom is 0.234 e. The van der Waals surface area contributed by atoms with E-state index in [4.69, 9.17) is 9.47 Å². The number of rotatable bonds is 5. The number of piperidine rings is 1. The maximum absolute atomic E-state index is 12.9. The van der Waals surface area contributed by atoms with Gasteiger partial charge in [-0.3, -0.25) is 14.5 Å². The summed E-state index contributed by atoms with van der Waals surface area (Å²) < 4.78 is 11.1. The molecule has 1 saturated carbocycles. The standard InChI is InChI=1S/C24H34N2O4/c1-16-4-3-5-20(17(16)2)25-23(27)15-26-10-8-18(9-11-26)24(28)19-6-7-21-22(14-19)30-13-12-29-21/h6-7,14,16-18,20H,3-5,8-13,15H2,1-2H3,(H,25,27). The second kappa shape index (κ2) is 9.38. The number of likely N-dealkylation sites (tertiary alicyclic amines) is 1. The summed E-state index contributed by atoms with van der Waals surface area (Å²) in [4.78, 5) is 27.7. The molecule has 0 radical (unpaired) electrons. The van der Waals surface area contributed by atoms with E-state index >= 15 is 0 Å². The molecule has 2 fully saturated rings. The monoisotopic (exact) mass is 414 g/mol. The van der Waals surface area contributed by atoms with E-state index in [1.807, 2.05) is 18.2 Å². The molecule has 6 heteroatoms. The summed E-state index contributed by atoms with van der Waals surface area (Å²) in [5.41, 5.74) is 0.691. The van der Waals surface area contributed by atoms with Crippen molar-refractivity contribution in [3.63, 3.8) is 0 Å². The van der Waals surface area contributed by atoms with E-state index in [0.717, 1.165) is 32.4 Å². The number of nitrogens with one attached hydrogen (secondary N) is 1. The van der Waals surface area contributed by atoms with Crippen LogP contribution in [0.1, 0.15) is 56.3 Å². The normalized spacial score (nSPS) is 27.5. The van der Waals surface area contributed by atoms with Crippen LogP contribution in [0, 0.1) is 17.8 Å². The fraction of sp³-hybridized carbons (Fsp3) is 0.667. The molecule has 0 bridgehead atoms. The van der Waals surface area contributed by atoms with Gasteiger partial charge in [0.05, 0.1) is 6.54 Å². The number of nitrogens with zero attached hydrogens (tertiary/aromatic N) is 1. The summed E-state index contributed by atoms with van der Waals surface area (Å²) in [6, 6.07) is 5.77. The van der Waals surface area contributed by atoms with Gasteiger partial charge >= 0.3 is 0 Å². The lowest BCUT2D eigenvalue weighted by Crippen LogP contribution is -2.48. The molecule has 0 spiro atoms. The number of amides is 1. The van der Waals surface area contributed by atoms with Crippen LogP contribution in [0.5, 0.6) is 11.5 Å². The predicted molar refractivity (Wildman–Crippen MR) is 115 cm³/mol. The Morgan fingerprint density at radius 1 is 1.03 bits per heavy atom. The molecule has 3 atom stereocenters. The van der Waals surface area contributed by atoms with Crippen LogP contribution in [0.4, 0.5) is 0 Å². The van der Waals surface area contributed by atoms with E-state index in [0.29, 0.717) is 54.7 Å². The fourth-order valence-electron chi connectivity index (χ4n) is 5.03. The highest BCUT2D eigenvalue weighted by molar-refractivity contribution is 5.98. The smallest absolute Gasteiger partial charge is 0.234 e. The highest BCUT2D eigenvalue weighted by atomic mass is 16.6. The van der Waals surface area contributed by atoms with Crippen LogP contribution in [0.3, 0.4) is 0 Å². The van der Waals surface area contributed by atoms with Crippen LogP contribution in [0.25, 0.3) is 0 Å². The van der Waals surface area contributed by atoms with Crippen molar-refractivity contribution >= 4 is 11.7 Å². The van der Waals surface area contributed by atoms with E-state index in [1.54, 1.807) is 0 Å². The lowest BCUT2D eigenvalue weighted by molar-refractivity contribution is -0.124. The minimum atomic E-state index is 0.00564. The van der Waals surface area contributed by atoms with E-state index in [2.05, 4.69) is 24.1 Å². The molecule has 1 N–H and O–H groups in total. The van der Waals surface area contributed by atoms with Crippen LogP contribution in [0.15, 0.2) is 18.2 Å². The zero-order valence-electron chi connectivity index (χ0n) is 18.2. The van der Waals surface area contributed by atoms with Gasteiger partial charge in [-0.1, -0.05) is 26.7 Å². The average Bonchev–Trinajstić information content (AvgIpc) is 2.76. The second-order valence-electron chi connectivity index (χ2n) is 9.21. The summed E-state index contributed by atoms with van der Waals surface area (Å²) in [5, 5.41) is 3.26. The topological polar surface area (TPSA) is 67.9 Å². The first kappa shape index (κ1) is 21.2. The van der Waals surface area contributed by atoms with Crippen molar-refractivity contribution in [3.8, 4) is 11.5 Å². The number of carbonyl (C=O) groups is 2. The highest BCUT2D eigenvalue weighted by Gasteiger charge is 2.30. The van der Waals surface area contributed by atoms with Crippen LogP contribution in [-0.2, 0) is 4.79 Å². The lowest BCUT2D eigenvalue weighted by Gasteiger charge is -2.36. The minimum Gasteiger partial charge on any atom is -0.486 e. The van der Waals surface area contributed by atoms with Gasteiger partial charge in [0.25, 0.3) is 0 Å². The van der Waals surface area contributed by atoms with Gasteiger partial charge in [0.2, 0.25) is 5.91 Å². The van der Waals surface area contributed by atoms with Gasteiger partial charge < -0.3 is 14.8 Å². The second-order valence-corrected chi connectivity index (χ2v) is 9.21. The first-order valence-corrected chi connectivity index (χ1v) is 11.5. The van der Waals surface area contributed by atoms with Crippen molar-refractivity contribution in [2.24, 2.45) is 17.8 Å². The number of fused-ring (bicyclic) bond motifs is 1. The molecular formula is C24H34N2O4. The number of ketones is 1. The number of ether oxygens (including phenoxy) is 2. The summed E-state index contributed by atoms with van der Waals surface area (Å²) in [6.45, 7) is 7.60. The van der Waals surface area contributed by atoms with E-state index < -0.39 is 0 Å². The van der Waals surface area contributed by atoms with Crippen LogP contribution in [0.2, 0.25) is 0 Å². The third-order valence-corrected chi connectivity index (χ3v) is 7.21. The Morgan fingerprint density at radius 3 is 2.53 bits per heavy atom. The third-order valence-electron chi connectivity index (χ3n) is 7.21. The largest absolute Gasteiger partial charge is 0.486 e. The Morgan fingerprint density at radius 2 is 1.77 bits per heavy atom. The molecular weight excluding hydrogens is 380 g/mol. The molecule has 3 unspecified atom stereocenters. The average molecular weight is 415 g/mol. The predicted octanol–water partition coefficient (Wildman–Crippen LogP) is 3.29. The van der Waals surface area contributed by atoms with Crippen LogP contribution in [-0.4, -0.2) is 55.5 Å². The van der Waals surface area contributed by atoms with E-state index in [9.17, 15) is 9.59 Å². The number of hydrogen-bond acceptors (Lipinski definition) is 5. The SMILES string of the molecule is CC1CCCC(NC(=O)CN2CCC(C(=O)c3ccc4c(c3)OCCO4)CC2)C1C. The zero-order chi connectivity index (χ0) is 21.1. The van der Waals surface area contributed by atoms with Gasteiger partial charge in [-0.2, -0.15) is 0 Å². The molecule has 1 saturated heterocycles. The third kappa shape index (κ3) is 4.80. The number of benzene rings is 1. The van der Waals surface area contributed by atoms with Crippen molar-refractivity contribution in [2.75, 3.05) is 32.8 Å². The molecule has 0 aromatic heterocycles. The Balaban J connectivity index is 1.25. The minimum absolute atomic E-state index is 0.00564. The van der Waals surface area contributed by atoms with Crippen molar-refractivity contribution in [1.29, 1.82) is 0 Å². The lowest BCUT2D eigenvalue weighted by atomic mass is 9.78. The first-order chi connectivity index (χ1) is 14.5. The van der Waals surface area contributed by atoms with Gasteiger partial charge in [-0.15, -0.1) is 0 Å². The number of hydrogen-bond donors (Lipinski definition) is 1. The molecule has 2 aliphatic heterocycles. The Hall–Kier alpha value is -2.08. The van der Waals surface area contributed by atoms with Crippen molar-refractivity contribution in [3.05, 3.63) is 23.8 Å². The van der Waals surface area contributed by atoms with Crippen LogP contribution < -0.4 is 14.8 Å². The summed E-state index contributed by atoms with van der Waals surface area (Å²) in [6.07, 6.45) is 5.13. The maximum atomic E-state index is 12.9. The Labute approximate surface area is 179 Å². The molecule has 30 heavy (non-hydrogen) atoms. The molecule has 1 aromatic carbocycles. The van der Waals surface area contributed by atoms with Crippen molar-refractivity contribution in [2.45, 2.75) is 52.0 Å². The quantitative estimate of drug-likeness (QED) is 0.749. The van der Waals surface area contributed by atoms with Gasteiger partial charge in [-0.05, 0) is 62.4 Å². The zero-order valence-corrected chi connectivity index (χ0v) is 18.2. The molecule has 1 aromatic rings. The molecule has 1 aliphatic carbocycles.